The molecule has 28 heavy (non-hydrogen) atoms. The van der Waals surface area contributed by atoms with Gasteiger partial charge >= 0.3 is 0 Å². The zero-order chi connectivity index (χ0) is 19.1. The fourth-order valence-electron chi connectivity index (χ4n) is 3.06. The number of pyridine rings is 1. The normalized spacial score (nSPS) is 11.4. The van der Waals surface area contributed by atoms with Gasteiger partial charge in [0.2, 0.25) is 10.8 Å². The molecule has 0 aliphatic rings. The first-order valence-electron chi connectivity index (χ1n) is 8.65. The third-order valence-corrected chi connectivity index (χ3v) is 5.24. The minimum absolute atomic E-state index is 0.353. The molecule has 9 heteroatoms. The van der Waals surface area contributed by atoms with Crippen LogP contribution in [0.5, 0.6) is 11.5 Å². The summed E-state index contributed by atoms with van der Waals surface area (Å²) >= 11 is 1.45. The summed E-state index contributed by atoms with van der Waals surface area (Å²) in [7, 11) is 1.64. The Morgan fingerprint density at radius 3 is 2.68 bits per heavy atom. The van der Waals surface area contributed by atoms with Crippen LogP contribution in [0.15, 0.2) is 48.7 Å². The molecule has 0 saturated carbocycles. The maximum Gasteiger partial charge on any atom is 0.235 e. The smallest absolute Gasteiger partial charge is 0.235 e. The monoisotopic (exact) mass is 392 g/mol. The van der Waals surface area contributed by atoms with Crippen LogP contribution >= 0.6 is 11.3 Å². The van der Waals surface area contributed by atoms with E-state index in [9.17, 15) is 0 Å². The number of methoxy groups -OCH3 is 1. The number of imidazole rings is 1. The van der Waals surface area contributed by atoms with Crippen molar-refractivity contribution >= 4 is 21.9 Å². The summed E-state index contributed by atoms with van der Waals surface area (Å²) in [6.07, 6.45) is 1.96. The first-order valence-corrected chi connectivity index (χ1v) is 9.46. The highest BCUT2D eigenvalue weighted by Crippen LogP contribution is 2.26. The zero-order valence-corrected chi connectivity index (χ0v) is 16.1. The Morgan fingerprint density at radius 2 is 1.86 bits per heavy atom. The number of fused-ring (bicyclic) bond motifs is 2. The van der Waals surface area contributed by atoms with Crippen molar-refractivity contribution in [2.45, 2.75) is 13.5 Å². The molecule has 5 aromatic rings. The number of hydrogen-bond donors (Lipinski definition) is 0. The van der Waals surface area contributed by atoms with E-state index < -0.39 is 0 Å². The lowest BCUT2D eigenvalue weighted by molar-refractivity contribution is 0.303. The number of aromatic nitrogens is 6. The van der Waals surface area contributed by atoms with Crippen LogP contribution in [0, 0.1) is 6.92 Å². The van der Waals surface area contributed by atoms with Crippen molar-refractivity contribution in [1.82, 2.24) is 29.2 Å². The molecule has 140 valence electrons. The minimum atomic E-state index is 0.353. The lowest BCUT2D eigenvalue weighted by Crippen LogP contribution is -1.99. The van der Waals surface area contributed by atoms with Gasteiger partial charge in [0, 0.05) is 6.20 Å². The number of benzene rings is 1. The van der Waals surface area contributed by atoms with E-state index in [0.717, 1.165) is 33.5 Å². The molecule has 0 aliphatic carbocycles. The third-order valence-electron chi connectivity index (χ3n) is 4.37. The molecular formula is C19H16N6O2S. The second-order valence-electron chi connectivity index (χ2n) is 6.15. The van der Waals surface area contributed by atoms with Gasteiger partial charge in [0.05, 0.1) is 12.8 Å². The van der Waals surface area contributed by atoms with Crippen LogP contribution in [0.2, 0.25) is 0 Å². The third kappa shape index (κ3) is 2.76. The molecule has 4 aromatic heterocycles. The number of ether oxygens (including phenoxy) is 2. The maximum absolute atomic E-state index is 5.83. The summed E-state index contributed by atoms with van der Waals surface area (Å²) in [6.45, 7) is 2.31. The average Bonchev–Trinajstić information content (AvgIpc) is 3.38. The topological polar surface area (TPSA) is 78.8 Å². The molecule has 1 aromatic carbocycles. The van der Waals surface area contributed by atoms with E-state index in [4.69, 9.17) is 9.47 Å². The standard InChI is InChI=1S/C19H16N6O2S/c1-12-17(24-10-4-3-5-15(24)20-12)18-21-22-19-25(18)23-16(28-19)11-27-14-8-6-13(26-2)7-9-14/h3-10H,11H2,1-2H3. The minimum Gasteiger partial charge on any atom is -0.497 e. The van der Waals surface area contributed by atoms with Crippen LogP contribution in [0.1, 0.15) is 10.7 Å². The van der Waals surface area contributed by atoms with Crippen molar-refractivity contribution in [1.29, 1.82) is 0 Å². The van der Waals surface area contributed by atoms with Crippen molar-refractivity contribution in [3.8, 4) is 23.0 Å². The number of hydrogen-bond acceptors (Lipinski definition) is 7. The summed E-state index contributed by atoms with van der Waals surface area (Å²) in [5.74, 6) is 2.21. The number of rotatable bonds is 5. The van der Waals surface area contributed by atoms with Gasteiger partial charge in [-0.15, -0.1) is 10.2 Å². The molecule has 0 bridgehead atoms. The second kappa shape index (κ2) is 6.61. The SMILES string of the molecule is COc1ccc(OCc2nn3c(-c4c(C)nc5ccccn45)nnc3s2)cc1. The largest absolute Gasteiger partial charge is 0.497 e. The Balaban J connectivity index is 1.46. The summed E-state index contributed by atoms with van der Waals surface area (Å²) in [5.41, 5.74) is 2.63. The van der Waals surface area contributed by atoms with E-state index in [1.165, 1.54) is 11.3 Å². The molecule has 5 rings (SSSR count). The van der Waals surface area contributed by atoms with Crippen molar-refractivity contribution in [2.75, 3.05) is 7.11 Å². The van der Waals surface area contributed by atoms with Gasteiger partial charge in [-0.3, -0.25) is 4.40 Å². The predicted octanol–water partition coefficient (Wildman–Crippen LogP) is 3.40. The van der Waals surface area contributed by atoms with Gasteiger partial charge in [0.25, 0.3) is 0 Å². The van der Waals surface area contributed by atoms with Crippen LogP contribution in [0.4, 0.5) is 0 Å². The average molecular weight is 392 g/mol. The number of aryl methyl sites for hydroxylation is 1. The molecule has 8 nitrogen and oxygen atoms in total. The van der Waals surface area contributed by atoms with Crippen LogP contribution in [-0.2, 0) is 6.61 Å². The van der Waals surface area contributed by atoms with Crippen LogP contribution in [-0.4, -0.2) is 36.3 Å². The molecule has 4 heterocycles. The van der Waals surface area contributed by atoms with E-state index in [0.29, 0.717) is 17.4 Å². The maximum atomic E-state index is 5.83. The molecule has 0 N–H and O–H groups in total. The van der Waals surface area contributed by atoms with Crippen molar-refractivity contribution in [2.24, 2.45) is 0 Å². The van der Waals surface area contributed by atoms with Crippen LogP contribution < -0.4 is 9.47 Å². The van der Waals surface area contributed by atoms with Crippen LogP contribution in [0.3, 0.4) is 0 Å². The highest BCUT2D eigenvalue weighted by atomic mass is 32.1. The Hall–Kier alpha value is -3.46. The summed E-state index contributed by atoms with van der Waals surface area (Å²) < 4.78 is 14.7. The summed E-state index contributed by atoms with van der Waals surface area (Å²) in [4.78, 5) is 5.31. The van der Waals surface area contributed by atoms with Gasteiger partial charge in [-0.1, -0.05) is 17.4 Å². The first kappa shape index (κ1) is 16.7. The van der Waals surface area contributed by atoms with E-state index >= 15 is 0 Å². The Bertz CT molecular complexity index is 1270. The van der Waals surface area contributed by atoms with E-state index in [1.54, 1.807) is 11.6 Å². The molecule has 0 unspecified atom stereocenters. The van der Waals surface area contributed by atoms with Crippen molar-refractivity contribution in [3.63, 3.8) is 0 Å². The second-order valence-corrected chi connectivity index (χ2v) is 7.19. The highest BCUT2D eigenvalue weighted by Gasteiger charge is 2.19. The Kier molecular flexibility index (Phi) is 3.94. The predicted molar refractivity (Wildman–Crippen MR) is 105 cm³/mol. The van der Waals surface area contributed by atoms with Gasteiger partial charge in [0.15, 0.2) is 5.01 Å². The number of nitrogens with zero attached hydrogens (tertiary/aromatic N) is 6. The zero-order valence-electron chi connectivity index (χ0n) is 15.2. The van der Waals surface area contributed by atoms with E-state index in [2.05, 4.69) is 20.3 Å². The molecule has 0 atom stereocenters. The van der Waals surface area contributed by atoms with Gasteiger partial charge in [-0.05, 0) is 43.3 Å². The molecule has 0 aliphatic heterocycles. The lowest BCUT2D eigenvalue weighted by atomic mass is 10.3. The fraction of sp³-hybridized carbons (Fsp3) is 0.158. The van der Waals surface area contributed by atoms with Gasteiger partial charge < -0.3 is 9.47 Å². The van der Waals surface area contributed by atoms with E-state index in [1.807, 2.05) is 60.0 Å². The van der Waals surface area contributed by atoms with Gasteiger partial charge in [-0.25, -0.2) is 4.98 Å². The molecule has 0 radical (unpaired) electrons. The van der Waals surface area contributed by atoms with E-state index in [-0.39, 0.29) is 0 Å². The Labute approximate surface area is 164 Å². The summed E-state index contributed by atoms with van der Waals surface area (Å²) in [5, 5.41) is 14.1. The Morgan fingerprint density at radius 1 is 1.04 bits per heavy atom. The molecule has 0 amide bonds. The first-order chi connectivity index (χ1) is 13.7. The molecule has 0 saturated heterocycles. The molecule has 0 fully saturated rings. The highest BCUT2D eigenvalue weighted by molar-refractivity contribution is 7.16. The molecular weight excluding hydrogens is 376 g/mol. The quantitative estimate of drug-likeness (QED) is 0.456. The fourth-order valence-corrected chi connectivity index (χ4v) is 3.81. The van der Waals surface area contributed by atoms with Crippen molar-refractivity contribution in [3.05, 3.63) is 59.4 Å². The van der Waals surface area contributed by atoms with Gasteiger partial charge in [0.1, 0.15) is 29.4 Å². The molecule has 0 spiro atoms. The lowest BCUT2D eigenvalue weighted by Gasteiger charge is -2.04. The summed E-state index contributed by atoms with van der Waals surface area (Å²) in [6, 6.07) is 13.3. The van der Waals surface area contributed by atoms with Crippen LogP contribution in [0.25, 0.3) is 22.1 Å². The van der Waals surface area contributed by atoms with Gasteiger partial charge in [-0.2, -0.15) is 9.61 Å². The van der Waals surface area contributed by atoms with Crippen molar-refractivity contribution < 1.29 is 9.47 Å².